The van der Waals surface area contributed by atoms with Gasteiger partial charge in [-0.25, -0.2) is 9.18 Å². The predicted octanol–water partition coefficient (Wildman–Crippen LogP) is 0.689. The molecule has 0 saturated carbocycles. The smallest absolute Gasteiger partial charge is 0.328 e. The van der Waals surface area contributed by atoms with E-state index in [0.717, 1.165) is 0 Å². The normalized spacial score (nSPS) is 18.4. The van der Waals surface area contributed by atoms with Gasteiger partial charge in [-0.15, -0.1) is 0 Å². The quantitative estimate of drug-likeness (QED) is 0.885. The molecule has 1 heterocycles. The summed E-state index contributed by atoms with van der Waals surface area (Å²) in [5.41, 5.74) is 0.387. The zero-order valence-corrected chi connectivity index (χ0v) is 11.5. The van der Waals surface area contributed by atoms with Crippen LogP contribution in [0.2, 0.25) is 0 Å². The number of hydrogen-bond donors (Lipinski definition) is 1. The van der Waals surface area contributed by atoms with Crippen LogP contribution in [0.4, 0.5) is 4.39 Å². The zero-order chi connectivity index (χ0) is 15.4. The van der Waals surface area contributed by atoms with Crippen molar-refractivity contribution in [3.63, 3.8) is 0 Å². The second-order valence-corrected chi connectivity index (χ2v) is 4.65. The van der Waals surface area contributed by atoms with Crippen molar-refractivity contribution in [1.29, 1.82) is 0 Å². The molecule has 1 aliphatic rings. The predicted molar refractivity (Wildman–Crippen MR) is 70.6 cm³/mol. The second-order valence-electron chi connectivity index (χ2n) is 4.65. The number of hydrogen-bond acceptors (Lipinski definition) is 4. The number of carboxylic acids is 1. The van der Waals surface area contributed by atoms with Gasteiger partial charge in [0.05, 0.1) is 26.7 Å². The molecule has 1 unspecified atom stereocenters. The molecule has 1 fully saturated rings. The van der Waals surface area contributed by atoms with Crippen LogP contribution in [0.3, 0.4) is 0 Å². The number of rotatable bonds is 4. The number of ether oxygens (including phenoxy) is 2. The van der Waals surface area contributed by atoms with Gasteiger partial charge in [0.25, 0.3) is 0 Å². The maximum absolute atomic E-state index is 13.3. The van der Waals surface area contributed by atoms with Crippen molar-refractivity contribution in [1.82, 2.24) is 4.90 Å². The summed E-state index contributed by atoms with van der Waals surface area (Å²) in [6.45, 7) is 0.449. The Balaban J connectivity index is 2.16. The number of methoxy groups -OCH3 is 1. The summed E-state index contributed by atoms with van der Waals surface area (Å²) in [6.07, 6.45) is -0.120. The molecule has 1 N–H and O–H groups in total. The van der Waals surface area contributed by atoms with Crippen LogP contribution in [0.25, 0.3) is 0 Å². The standard InChI is InChI=1S/C14H16FNO5/c1-20-12-3-2-10(15)6-9(12)7-13(17)16-4-5-21-8-11(16)14(18)19/h2-3,6,11H,4-5,7-8H2,1H3,(H,18,19). The van der Waals surface area contributed by atoms with Gasteiger partial charge in [0, 0.05) is 12.1 Å². The molecule has 6 nitrogen and oxygen atoms in total. The van der Waals surface area contributed by atoms with Crippen LogP contribution in [0.15, 0.2) is 18.2 Å². The van der Waals surface area contributed by atoms with Crippen molar-refractivity contribution < 1.29 is 28.6 Å². The minimum atomic E-state index is -1.12. The lowest BCUT2D eigenvalue weighted by atomic mass is 10.1. The van der Waals surface area contributed by atoms with E-state index in [1.165, 1.54) is 30.2 Å². The lowest BCUT2D eigenvalue weighted by Crippen LogP contribution is -2.53. The van der Waals surface area contributed by atoms with E-state index >= 15 is 0 Å². The minimum Gasteiger partial charge on any atom is -0.496 e. The summed E-state index contributed by atoms with van der Waals surface area (Å²) in [5, 5.41) is 9.11. The summed E-state index contributed by atoms with van der Waals surface area (Å²) >= 11 is 0. The van der Waals surface area contributed by atoms with Crippen molar-refractivity contribution in [2.75, 3.05) is 26.9 Å². The van der Waals surface area contributed by atoms with E-state index in [1.54, 1.807) is 0 Å². The SMILES string of the molecule is COc1ccc(F)cc1CC(=O)N1CCOCC1C(=O)O. The highest BCUT2D eigenvalue weighted by Gasteiger charge is 2.32. The molecule has 114 valence electrons. The van der Waals surface area contributed by atoms with Crippen molar-refractivity contribution in [3.8, 4) is 5.75 Å². The molecule has 1 aromatic carbocycles. The largest absolute Gasteiger partial charge is 0.496 e. The second kappa shape index (κ2) is 6.53. The third kappa shape index (κ3) is 3.49. The summed E-state index contributed by atoms with van der Waals surface area (Å²) in [4.78, 5) is 24.7. The van der Waals surface area contributed by atoms with Gasteiger partial charge in [-0.05, 0) is 18.2 Å². The first-order valence-corrected chi connectivity index (χ1v) is 6.45. The molecule has 1 aromatic rings. The Labute approximate surface area is 121 Å². The van der Waals surface area contributed by atoms with Crippen LogP contribution in [-0.4, -0.2) is 54.8 Å². The first-order valence-electron chi connectivity index (χ1n) is 6.45. The Morgan fingerprint density at radius 1 is 1.52 bits per heavy atom. The van der Waals surface area contributed by atoms with E-state index < -0.39 is 23.7 Å². The monoisotopic (exact) mass is 297 g/mol. The molecular weight excluding hydrogens is 281 g/mol. The van der Waals surface area contributed by atoms with Gasteiger partial charge in [-0.1, -0.05) is 0 Å². The number of nitrogens with zero attached hydrogens (tertiary/aromatic N) is 1. The number of carbonyl (C=O) groups is 2. The Morgan fingerprint density at radius 2 is 2.29 bits per heavy atom. The van der Waals surface area contributed by atoms with Crippen LogP contribution in [0.5, 0.6) is 5.75 Å². The Morgan fingerprint density at radius 3 is 2.95 bits per heavy atom. The van der Waals surface area contributed by atoms with Crippen molar-refractivity contribution >= 4 is 11.9 Å². The minimum absolute atomic E-state index is 0.0403. The first-order chi connectivity index (χ1) is 10.0. The van der Waals surface area contributed by atoms with Crippen LogP contribution < -0.4 is 4.74 Å². The lowest BCUT2D eigenvalue weighted by molar-refractivity contribution is -0.158. The Kier molecular flexibility index (Phi) is 4.74. The fraction of sp³-hybridized carbons (Fsp3) is 0.429. The zero-order valence-electron chi connectivity index (χ0n) is 11.5. The molecule has 0 spiro atoms. The molecular formula is C14H16FNO5. The molecule has 0 bridgehead atoms. The van der Waals surface area contributed by atoms with Gasteiger partial charge in [0.15, 0.2) is 6.04 Å². The molecule has 1 atom stereocenters. The summed E-state index contributed by atoms with van der Waals surface area (Å²) < 4.78 is 23.4. The summed E-state index contributed by atoms with van der Waals surface area (Å²) in [7, 11) is 1.43. The molecule has 1 aliphatic heterocycles. The average Bonchev–Trinajstić information content (AvgIpc) is 2.47. The van der Waals surface area contributed by atoms with Gasteiger partial charge >= 0.3 is 5.97 Å². The summed E-state index contributed by atoms with van der Waals surface area (Å²) in [5.74, 6) is -1.59. The average molecular weight is 297 g/mol. The maximum Gasteiger partial charge on any atom is 0.328 e. The number of benzene rings is 1. The van der Waals surface area contributed by atoms with E-state index in [0.29, 0.717) is 11.3 Å². The van der Waals surface area contributed by atoms with Gasteiger partial charge in [0.1, 0.15) is 11.6 Å². The third-order valence-electron chi connectivity index (χ3n) is 3.32. The van der Waals surface area contributed by atoms with Crippen LogP contribution in [0.1, 0.15) is 5.56 Å². The van der Waals surface area contributed by atoms with Gasteiger partial charge < -0.3 is 19.5 Å². The fourth-order valence-corrected chi connectivity index (χ4v) is 2.26. The molecule has 1 saturated heterocycles. The number of amides is 1. The first kappa shape index (κ1) is 15.2. The number of carbonyl (C=O) groups excluding carboxylic acids is 1. The highest BCUT2D eigenvalue weighted by atomic mass is 19.1. The maximum atomic E-state index is 13.3. The highest BCUT2D eigenvalue weighted by Crippen LogP contribution is 2.21. The molecule has 0 radical (unpaired) electrons. The summed E-state index contributed by atoms with van der Waals surface area (Å²) in [6, 6.07) is 2.88. The van der Waals surface area contributed by atoms with Gasteiger partial charge in [-0.2, -0.15) is 0 Å². The molecule has 1 amide bonds. The molecule has 21 heavy (non-hydrogen) atoms. The number of aliphatic carboxylic acids is 1. The molecule has 0 aliphatic carbocycles. The number of carboxylic acid groups (broad SMARTS) is 1. The number of halogens is 1. The van der Waals surface area contributed by atoms with Crippen LogP contribution in [-0.2, 0) is 20.7 Å². The Bertz CT molecular complexity index is 548. The van der Waals surface area contributed by atoms with E-state index in [-0.39, 0.29) is 26.2 Å². The van der Waals surface area contributed by atoms with Gasteiger partial charge in [0.2, 0.25) is 5.91 Å². The third-order valence-corrected chi connectivity index (χ3v) is 3.32. The van der Waals surface area contributed by atoms with E-state index in [1.807, 2.05) is 0 Å². The lowest BCUT2D eigenvalue weighted by Gasteiger charge is -2.33. The van der Waals surface area contributed by atoms with Crippen molar-refractivity contribution in [3.05, 3.63) is 29.6 Å². The topological polar surface area (TPSA) is 76.1 Å². The fourth-order valence-electron chi connectivity index (χ4n) is 2.26. The molecule has 7 heteroatoms. The Hall–Kier alpha value is -2.15. The molecule has 2 rings (SSSR count). The van der Waals surface area contributed by atoms with Crippen LogP contribution >= 0.6 is 0 Å². The van der Waals surface area contributed by atoms with Gasteiger partial charge in [-0.3, -0.25) is 4.79 Å². The van der Waals surface area contributed by atoms with Crippen LogP contribution in [0, 0.1) is 5.82 Å². The highest BCUT2D eigenvalue weighted by molar-refractivity contribution is 5.85. The van der Waals surface area contributed by atoms with Crippen molar-refractivity contribution in [2.24, 2.45) is 0 Å². The van der Waals surface area contributed by atoms with E-state index in [9.17, 15) is 14.0 Å². The molecule has 0 aromatic heterocycles. The van der Waals surface area contributed by atoms with E-state index in [2.05, 4.69) is 0 Å². The van der Waals surface area contributed by atoms with Crippen molar-refractivity contribution in [2.45, 2.75) is 12.5 Å². The number of morpholine rings is 1. The van der Waals surface area contributed by atoms with E-state index in [4.69, 9.17) is 14.6 Å².